The fourth-order valence-corrected chi connectivity index (χ4v) is 3.48. The van der Waals surface area contributed by atoms with Crippen molar-refractivity contribution in [2.75, 3.05) is 13.7 Å². The van der Waals surface area contributed by atoms with Crippen LogP contribution in [-0.2, 0) is 15.1 Å². The van der Waals surface area contributed by atoms with Gasteiger partial charge in [-0.05, 0) is 46.5 Å². The van der Waals surface area contributed by atoms with Crippen molar-refractivity contribution in [3.05, 3.63) is 34.1 Å². The monoisotopic (exact) mass is 315 g/mol. The number of halogens is 2. The predicted molar refractivity (Wildman–Crippen MR) is 68.4 cm³/mol. The quantitative estimate of drug-likeness (QED) is 0.910. The van der Waals surface area contributed by atoms with Crippen molar-refractivity contribution >= 4 is 15.9 Å². The van der Waals surface area contributed by atoms with Crippen LogP contribution in [0.5, 0.6) is 0 Å². The molecule has 1 aromatic rings. The summed E-state index contributed by atoms with van der Waals surface area (Å²) in [5, 5.41) is 0. The average molecular weight is 316 g/mol. The number of hydroxylamine groups is 1. The summed E-state index contributed by atoms with van der Waals surface area (Å²) in [7, 11) is 1.74. The van der Waals surface area contributed by atoms with Crippen LogP contribution in [0.15, 0.2) is 22.7 Å². The number of hydrogen-bond acceptors (Lipinski definition) is 3. The molecule has 1 saturated carbocycles. The Hall–Kier alpha value is -0.490. The fraction of sp³-hybridized carbons (Fsp3) is 0.538. The Kier molecular flexibility index (Phi) is 3.18. The molecule has 1 aliphatic heterocycles. The summed E-state index contributed by atoms with van der Waals surface area (Å²) in [6.45, 7) is 0.675. The van der Waals surface area contributed by atoms with Gasteiger partial charge >= 0.3 is 0 Å². The molecule has 0 spiro atoms. The first-order valence-electron chi connectivity index (χ1n) is 6.03. The molecular formula is C13H15BrFNO2. The second kappa shape index (κ2) is 4.56. The zero-order valence-corrected chi connectivity index (χ0v) is 11.7. The summed E-state index contributed by atoms with van der Waals surface area (Å²) in [6.07, 6.45) is 2.06. The SMILES string of the molecule is COC1CC2CONC2(c2ccc(F)c(Br)c2)C1. The number of rotatable bonds is 2. The molecule has 1 heterocycles. The molecule has 1 N–H and O–H groups in total. The summed E-state index contributed by atoms with van der Waals surface area (Å²) >= 11 is 3.24. The van der Waals surface area contributed by atoms with E-state index in [0.29, 0.717) is 17.0 Å². The minimum Gasteiger partial charge on any atom is -0.381 e. The largest absolute Gasteiger partial charge is 0.381 e. The molecular weight excluding hydrogens is 301 g/mol. The molecule has 0 bridgehead atoms. The van der Waals surface area contributed by atoms with Crippen molar-refractivity contribution in [3.8, 4) is 0 Å². The van der Waals surface area contributed by atoms with Crippen LogP contribution in [-0.4, -0.2) is 19.8 Å². The van der Waals surface area contributed by atoms with Crippen LogP contribution in [0.1, 0.15) is 18.4 Å². The first-order valence-corrected chi connectivity index (χ1v) is 6.82. The number of benzene rings is 1. The van der Waals surface area contributed by atoms with Gasteiger partial charge in [-0.2, -0.15) is 5.48 Å². The molecule has 98 valence electrons. The number of hydrogen-bond donors (Lipinski definition) is 1. The molecule has 1 aromatic carbocycles. The molecule has 5 heteroatoms. The van der Waals surface area contributed by atoms with E-state index in [4.69, 9.17) is 9.57 Å². The van der Waals surface area contributed by atoms with Gasteiger partial charge in [0.05, 0.1) is 22.7 Å². The van der Waals surface area contributed by atoms with E-state index in [1.807, 2.05) is 12.1 Å². The summed E-state index contributed by atoms with van der Waals surface area (Å²) in [6, 6.07) is 5.15. The fourth-order valence-electron chi connectivity index (χ4n) is 3.10. The van der Waals surface area contributed by atoms with Gasteiger partial charge in [-0.3, -0.25) is 0 Å². The highest BCUT2D eigenvalue weighted by Gasteiger charge is 2.52. The van der Waals surface area contributed by atoms with Crippen LogP contribution in [0.4, 0.5) is 4.39 Å². The summed E-state index contributed by atoms with van der Waals surface area (Å²) in [5.74, 6) is 0.131. The molecule has 1 saturated heterocycles. The highest BCUT2D eigenvalue weighted by Crippen LogP contribution is 2.48. The third-order valence-corrected chi connectivity index (χ3v) is 4.71. The average Bonchev–Trinajstić information content (AvgIpc) is 2.89. The topological polar surface area (TPSA) is 30.5 Å². The molecule has 0 aromatic heterocycles. The maximum Gasteiger partial charge on any atom is 0.137 e. The summed E-state index contributed by atoms with van der Waals surface area (Å²) in [5.41, 5.74) is 3.95. The number of fused-ring (bicyclic) bond motifs is 1. The van der Waals surface area contributed by atoms with E-state index in [-0.39, 0.29) is 17.5 Å². The van der Waals surface area contributed by atoms with Crippen molar-refractivity contribution in [2.24, 2.45) is 5.92 Å². The lowest BCUT2D eigenvalue weighted by Gasteiger charge is -2.28. The highest BCUT2D eigenvalue weighted by atomic mass is 79.9. The zero-order chi connectivity index (χ0) is 12.8. The van der Waals surface area contributed by atoms with Gasteiger partial charge in [0.2, 0.25) is 0 Å². The normalized spacial score (nSPS) is 34.8. The first kappa shape index (κ1) is 12.5. The Bertz CT molecular complexity index is 470. The van der Waals surface area contributed by atoms with Gasteiger partial charge in [-0.1, -0.05) is 6.07 Å². The second-order valence-electron chi connectivity index (χ2n) is 5.01. The zero-order valence-electron chi connectivity index (χ0n) is 10.1. The molecule has 3 atom stereocenters. The van der Waals surface area contributed by atoms with Crippen LogP contribution >= 0.6 is 15.9 Å². The Morgan fingerprint density at radius 3 is 3.11 bits per heavy atom. The van der Waals surface area contributed by atoms with Crippen LogP contribution in [0.3, 0.4) is 0 Å². The minimum atomic E-state index is -0.244. The number of ether oxygens (including phenoxy) is 1. The lowest BCUT2D eigenvalue weighted by Crippen LogP contribution is -2.38. The van der Waals surface area contributed by atoms with Gasteiger partial charge in [0.15, 0.2) is 0 Å². The van der Waals surface area contributed by atoms with Crippen molar-refractivity contribution in [2.45, 2.75) is 24.5 Å². The van der Waals surface area contributed by atoms with Crippen molar-refractivity contribution in [1.29, 1.82) is 0 Å². The molecule has 2 fully saturated rings. The van der Waals surface area contributed by atoms with Crippen LogP contribution in [0, 0.1) is 11.7 Å². The minimum absolute atomic E-state index is 0.232. The summed E-state index contributed by atoms with van der Waals surface area (Å²) in [4.78, 5) is 5.42. The van der Waals surface area contributed by atoms with E-state index < -0.39 is 0 Å². The van der Waals surface area contributed by atoms with E-state index in [9.17, 15) is 4.39 Å². The van der Waals surface area contributed by atoms with Crippen molar-refractivity contribution < 1.29 is 14.0 Å². The Labute approximate surface area is 114 Å². The first-order chi connectivity index (χ1) is 8.65. The smallest absolute Gasteiger partial charge is 0.137 e. The van der Waals surface area contributed by atoms with E-state index in [0.717, 1.165) is 18.4 Å². The third kappa shape index (κ3) is 1.81. The number of nitrogens with one attached hydrogen (secondary N) is 1. The lowest BCUT2D eigenvalue weighted by molar-refractivity contribution is 0.0278. The maximum atomic E-state index is 13.3. The molecule has 2 aliphatic rings. The van der Waals surface area contributed by atoms with E-state index >= 15 is 0 Å². The molecule has 3 nitrogen and oxygen atoms in total. The second-order valence-corrected chi connectivity index (χ2v) is 5.86. The Morgan fingerprint density at radius 2 is 2.39 bits per heavy atom. The van der Waals surface area contributed by atoms with Gasteiger partial charge in [-0.25, -0.2) is 4.39 Å². The van der Waals surface area contributed by atoms with Crippen LogP contribution < -0.4 is 5.48 Å². The van der Waals surface area contributed by atoms with E-state index in [1.54, 1.807) is 7.11 Å². The van der Waals surface area contributed by atoms with Crippen molar-refractivity contribution in [1.82, 2.24) is 5.48 Å². The molecule has 3 rings (SSSR count). The Morgan fingerprint density at radius 1 is 1.56 bits per heavy atom. The van der Waals surface area contributed by atoms with Gasteiger partial charge < -0.3 is 9.57 Å². The van der Waals surface area contributed by atoms with Crippen LogP contribution in [0.25, 0.3) is 0 Å². The third-order valence-electron chi connectivity index (χ3n) is 4.10. The van der Waals surface area contributed by atoms with Crippen molar-refractivity contribution in [3.63, 3.8) is 0 Å². The van der Waals surface area contributed by atoms with Gasteiger partial charge in [0.25, 0.3) is 0 Å². The molecule has 0 amide bonds. The number of methoxy groups -OCH3 is 1. The van der Waals surface area contributed by atoms with Gasteiger partial charge in [0.1, 0.15) is 5.82 Å². The van der Waals surface area contributed by atoms with Crippen LogP contribution in [0.2, 0.25) is 0 Å². The predicted octanol–water partition coefficient (Wildman–Crippen LogP) is 2.74. The van der Waals surface area contributed by atoms with E-state index in [2.05, 4.69) is 21.4 Å². The molecule has 18 heavy (non-hydrogen) atoms. The molecule has 1 aliphatic carbocycles. The lowest BCUT2D eigenvalue weighted by atomic mass is 9.82. The van der Waals surface area contributed by atoms with E-state index in [1.165, 1.54) is 6.07 Å². The Balaban J connectivity index is 1.99. The highest BCUT2D eigenvalue weighted by molar-refractivity contribution is 9.10. The molecule has 3 unspecified atom stereocenters. The maximum absolute atomic E-state index is 13.3. The summed E-state index contributed by atoms with van der Waals surface area (Å²) < 4.78 is 19.3. The standard InChI is InChI=1S/C13H15BrFNO2/c1-17-10-4-9-7-18-16-13(9,6-10)8-2-3-12(15)11(14)5-8/h2-3,5,9-10,16H,4,6-7H2,1H3. The van der Waals surface area contributed by atoms with Gasteiger partial charge in [0, 0.05) is 13.0 Å². The van der Waals surface area contributed by atoms with Gasteiger partial charge in [-0.15, -0.1) is 0 Å². The molecule has 0 radical (unpaired) electrons.